The van der Waals surface area contributed by atoms with Crippen LogP contribution in [0.25, 0.3) is 5.57 Å². The second kappa shape index (κ2) is 8.94. The maximum Gasteiger partial charge on any atom is 0.282 e. The monoisotopic (exact) mass is 439 g/mol. The number of nitrogens with zero attached hydrogens (tertiary/aromatic N) is 2. The van der Waals surface area contributed by atoms with E-state index in [1.165, 1.54) is 4.90 Å². The summed E-state index contributed by atoms with van der Waals surface area (Å²) in [6.45, 7) is 6.11. The van der Waals surface area contributed by atoms with Gasteiger partial charge in [-0.05, 0) is 78.9 Å². The largest absolute Gasteiger partial charge is 0.378 e. The summed E-state index contributed by atoms with van der Waals surface area (Å²) in [4.78, 5) is 30.4. The first-order valence-corrected chi connectivity index (χ1v) is 11.1. The van der Waals surface area contributed by atoms with E-state index in [1.54, 1.807) is 0 Å². The third-order valence-corrected chi connectivity index (χ3v) is 6.14. The van der Waals surface area contributed by atoms with Gasteiger partial charge >= 0.3 is 0 Å². The Morgan fingerprint density at radius 3 is 2.06 bits per heavy atom. The number of amides is 2. The summed E-state index contributed by atoms with van der Waals surface area (Å²) in [5, 5.41) is 3.24. The van der Waals surface area contributed by atoms with Gasteiger partial charge in [-0.15, -0.1) is 0 Å². The maximum absolute atomic E-state index is 13.6. The highest BCUT2D eigenvalue weighted by atomic mass is 16.2. The van der Waals surface area contributed by atoms with Crippen molar-refractivity contribution in [1.29, 1.82) is 0 Å². The van der Waals surface area contributed by atoms with Crippen LogP contribution in [0.15, 0.2) is 72.4 Å². The summed E-state index contributed by atoms with van der Waals surface area (Å²) in [5.74, 6) is -0.672. The predicted octanol–water partition coefficient (Wildman–Crippen LogP) is 5.33. The summed E-state index contributed by atoms with van der Waals surface area (Å²) >= 11 is 0. The number of anilines is 3. The van der Waals surface area contributed by atoms with Crippen LogP contribution in [0.5, 0.6) is 0 Å². The van der Waals surface area contributed by atoms with E-state index in [0.717, 1.165) is 40.0 Å². The van der Waals surface area contributed by atoms with Crippen molar-refractivity contribution in [2.24, 2.45) is 0 Å². The van der Waals surface area contributed by atoms with Crippen molar-refractivity contribution in [3.05, 3.63) is 94.7 Å². The summed E-state index contributed by atoms with van der Waals surface area (Å²) in [6.07, 6.45) is 0.893. The van der Waals surface area contributed by atoms with Gasteiger partial charge in [0.25, 0.3) is 11.8 Å². The van der Waals surface area contributed by atoms with E-state index < -0.39 is 0 Å². The van der Waals surface area contributed by atoms with E-state index in [0.29, 0.717) is 17.0 Å². The number of rotatable bonds is 6. The van der Waals surface area contributed by atoms with Crippen molar-refractivity contribution in [1.82, 2.24) is 0 Å². The zero-order chi connectivity index (χ0) is 23.7. The van der Waals surface area contributed by atoms with Crippen molar-refractivity contribution >= 4 is 34.4 Å². The highest BCUT2D eigenvalue weighted by Crippen LogP contribution is 2.34. The highest BCUT2D eigenvalue weighted by molar-refractivity contribution is 6.46. The van der Waals surface area contributed by atoms with Gasteiger partial charge < -0.3 is 10.2 Å². The van der Waals surface area contributed by atoms with Crippen molar-refractivity contribution in [2.75, 3.05) is 29.2 Å². The molecule has 0 spiro atoms. The van der Waals surface area contributed by atoms with Crippen molar-refractivity contribution in [2.45, 2.75) is 27.2 Å². The lowest BCUT2D eigenvalue weighted by Crippen LogP contribution is -2.32. The van der Waals surface area contributed by atoms with Crippen LogP contribution in [0.1, 0.15) is 29.2 Å². The molecule has 168 valence electrons. The molecule has 1 aliphatic heterocycles. The van der Waals surface area contributed by atoms with E-state index in [9.17, 15) is 9.59 Å². The van der Waals surface area contributed by atoms with E-state index in [2.05, 4.69) is 12.2 Å². The van der Waals surface area contributed by atoms with Gasteiger partial charge in [-0.2, -0.15) is 0 Å². The first-order chi connectivity index (χ1) is 15.8. The Balaban J connectivity index is 1.78. The van der Waals surface area contributed by atoms with Crippen LogP contribution < -0.4 is 15.1 Å². The van der Waals surface area contributed by atoms with Crippen LogP contribution in [0.2, 0.25) is 0 Å². The summed E-state index contributed by atoms with van der Waals surface area (Å²) in [5.41, 5.74) is 7.15. The molecule has 3 aromatic rings. The van der Waals surface area contributed by atoms with E-state index in [1.807, 2.05) is 99.6 Å². The number of imide groups is 1. The fourth-order valence-electron chi connectivity index (χ4n) is 3.91. The average Bonchev–Trinajstić information content (AvgIpc) is 3.05. The molecular formula is C28H29N3O2. The summed E-state index contributed by atoms with van der Waals surface area (Å²) in [6, 6.07) is 21.2. The smallest absolute Gasteiger partial charge is 0.282 e. The first kappa shape index (κ1) is 22.3. The Bertz CT molecular complexity index is 1240. The predicted molar refractivity (Wildman–Crippen MR) is 136 cm³/mol. The fourth-order valence-corrected chi connectivity index (χ4v) is 3.91. The van der Waals surface area contributed by atoms with Gasteiger partial charge in [-0.3, -0.25) is 9.59 Å². The molecule has 0 unspecified atom stereocenters. The second-order valence-corrected chi connectivity index (χ2v) is 8.58. The number of benzene rings is 3. The molecular weight excluding hydrogens is 410 g/mol. The molecule has 1 N–H and O–H groups in total. The SMILES string of the molecule is CCc1ccc(N2C(=O)C(Nc3ccc(N(C)C)cc3)=C(c3ccc(C)c(C)c3)C2=O)cc1. The lowest BCUT2D eigenvalue weighted by molar-refractivity contribution is -0.120. The molecule has 3 aromatic carbocycles. The van der Waals surface area contributed by atoms with Crippen LogP contribution in [0.4, 0.5) is 17.1 Å². The number of hydrogen-bond donors (Lipinski definition) is 1. The zero-order valence-electron chi connectivity index (χ0n) is 19.8. The van der Waals surface area contributed by atoms with Gasteiger partial charge in [-0.1, -0.05) is 37.3 Å². The second-order valence-electron chi connectivity index (χ2n) is 8.58. The number of carbonyl (C=O) groups is 2. The molecule has 0 saturated heterocycles. The Hall–Kier alpha value is -3.86. The van der Waals surface area contributed by atoms with Gasteiger partial charge in [0.05, 0.1) is 11.3 Å². The number of hydrogen-bond acceptors (Lipinski definition) is 4. The van der Waals surface area contributed by atoms with Gasteiger partial charge in [0.15, 0.2) is 0 Å². The molecule has 33 heavy (non-hydrogen) atoms. The van der Waals surface area contributed by atoms with E-state index in [-0.39, 0.29) is 11.8 Å². The first-order valence-electron chi connectivity index (χ1n) is 11.1. The number of nitrogens with one attached hydrogen (secondary N) is 1. The third kappa shape index (κ3) is 4.27. The molecule has 0 aliphatic carbocycles. The Labute approximate surface area is 195 Å². The highest BCUT2D eigenvalue weighted by Gasteiger charge is 2.40. The van der Waals surface area contributed by atoms with Gasteiger partial charge in [0.1, 0.15) is 5.70 Å². The van der Waals surface area contributed by atoms with E-state index in [4.69, 9.17) is 0 Å². The zero-order valence-corrected chi connectivity index (χ0v) is 19.8. The van der Waals surface area contributed by atoms with Gasteiger partial charge in [-0.25, -0.2) is 4.90 Å². The average molecular weight is 440 g/mol. The molecule has 4 rings (SSSR count). The van der Waals surface area contributed by atoms with Gasteiger partial charge in [0.2, 0.25) is 0 Å². The molecule has 5 nitrogen and oxygen atoms in total. The van der Waals surface area contributed by atoms with Crippen molar-refractivity contribution in [3.63, 3.8) is 0 Å². The van der Waals surface area contributed by atoms with Crippen LogP contribution in [0, 0.1) is 13.8 Å². The van der Waals surface area contributed by atoms with Gasteiger partial charge in [0, 0.05) is 25.5 Å². The lowest BCUT2D eigenvalue weighted by Gasteiger charge is -2.16. The Kier molecular flexibility index (Phi) is 6.05. The standard InChI is InChI=1S/C28H29N3O2/c1-6-20-8-13-24(14-9-20)31-27(32)25(21-10-7-18(2)19(3)17-21)26(28(31)33)29-22-11-15-23(16-12-22)30(4)5/h7-17,29H,6H2,1-5H3. The molecule has 5 heteroatoms. The topological polar surface area (TPSA) is 52.7 Å². The molecule has 0 fully saturated rings. The summed E-state index contributed by atoms with van der Waals surface area (Å²) in [7, 11) is 3.95. The quantitative estimate of drug-likeness (QED) is 0.528. The van der Waals surface area contributed by atoms with Crippen LogP contribution in [0.3, 0.4) is 0 Å². The molecule has 1 heterocycles. The van der Waals surface area contributed by atoms with Crippen molar-refractivity contribution < 1.29 is 9.59 Å². The number of carbonyl (C=O) groups excluding carboxylic acids is 2. The lowest BCUT2D eigenvalue weighted by atomic mass is 9.99. The minimum absolute atomic E-state index is 0.292. The maximum atomic E-state index is 13.6. The normalized spacial score (nSPS) is 13.7. The minimum Gasteiger partial charge on any atom is -0.378 e. The molecule has 0 radical (unpaired) electrons. The Morgan fingerprint density at radius 1 is 0.818 bits per heavy atom. The van der Waals surface area contributed by atoms with E-state index >= 15 is 0 Å². The third-order valence-electron chi connectivity index (χ3n) is 6.14. The number of aryl methyl sites for hydroxylation is 3. The molecule has 0 bridgehead atoms. The molecule has 0 atom stereocenters. The van der Waals surface area contributed by atoms with Crippen LogP contribution >= 0.6 is 0 Å². The fraction of sp³-hybridized carbons (Fsp3) is 0.214. The van der Waals surface area contributed by atoms with Crippen LogP contribution in [-0.4, -0.2) is 25.9 Å². The van der Waals surface area contributed by atoms with Crippen molar-refractivity contribution in [3.8, 4) is 0 Å². The molecule has 0 aromatic heterocycles. The Morgan fingerprint density at radius 2 is 1.48 bits per heavy atom. The molecule has 1 aliphatic rings. The molecule has 2 amide bonds. The van der Waals surface area contributed by atoms with Crippen LogP contribution in [-0.2, 0) is 16.0 Å². The molecule has 0 saturated carbocycles. The summed E-state index contributed by atoms with van der Waals surface area (Å²) < 4.78 is 0. The minimum atomic E-state index is -0.353.